The first kappa shape index (κ1) is 22.2. The molecule has 0 unspecified atom stereocenters. The third-order valence-electron chi connectivity index (χ3n) is 6.48. The number of rotatable bonds is 4. The molecule has 1 fully saturated rings. The molecule has 4 rings (SSSR count). The molecular weight excluding hydrogens is 408 g/mol. The van der Waals surface area contributed by atoms with E-state index in [1.54, 1.807) is 13.8 Å². The number of amides is 2. The van der Waals surface area contributed by atoms with E-state index < -0.39 is 0 Å². The van der Waals surface area contributed by atoms with Gasteiger partial charge in [0.15, 0.2) is 0 Å². The second kappa shape index (κ2) is 8.88. The predicted molar refractivity (Wildman–Crippen MR) is 120 cm³/mol. The maximum atomic E-state index is 13.4. The molecule has 1 saturated heterocycles. The number of carbonyl (C=O) groups is 2. The lowest BCUT2D eigenvalue weighted by Crippen LogP contribution is -2.39. The second-order valence-corrected chi connectivity index (χ2v) is 9.04. The summed E-state index contributed by atoms with van der Waals surface area (Å²) >= 11 is 0. The summed E-state index contributed by atoms with van der Waals surface area (Å²) < 4.78 is 5.33. The molecule has 2 aliphatic heterocycles. The number of nitrogens with zero attached hydrogens (tertiary/aromatic N) is 5. The van der Waals surface area contributed by atoms with Crippen LogP contribution >= 0.6 is 0 Å². The SMILES string of the molecule is CNc1nc([C@H]2CCCN(C(C)=O)C2)nc2c1CN(C(=O)c1c(C(C)C)noc1C)CC2. The van der Waals surface area contributed by atoms with E-state index in [9.17, 15) is 9.59 Å². The van der Waals surface area contributed by atoms with Crippen LogP contribution < -0.4 is 5.32 Å². The molecule has 0 radical (unpaired) electrons. The first-order chi connectivity index (χ1) is 15.3. The molecular formula is C23H32N6O3. The van der Waals surface area contributed by atoms with Crippen molar-refractivity contribution in [3.63, 3.8) is 0 Å². The number of likely N-dealkylation sites (tertiary alicyclic amines) is 1. The number of aromatic nitrogens is 3. The Morgan fingerprint density at radius 2 is 1.97 bits per heavy atom. The van der Waals surface area contributed by atoms with Gasteiger partial charge in [-0.25, -0.2) is 9.97 Å². The van der Waals surface area contributed by atoms with Crippen LogP contribution in [0.5, 0.6) is 0 Å². The zero-order chi connectivity index (χ0) is 23.0. The average molecular weight is 441 g/mol. The van der Waals surface area contributed by atoms with Gasteiger partial charge in [0.1, 0.15) is 23.0 Å². The molecule has 0 saturated carbocycles. The lowest BCUT2D eigenvalue weighted by Gasteiger charge is -2.33. The molecule has 1 N–H and O–H groups in total. The van der Waals surface area contributed by atoms with E-state index >= 15 is 0 Å². The Labute approximate surface area is 188 Å². The zero-order valence-corrected chi connectivity index (χ0v) is 19.6. The summed E-state index contributed by atoms with van der Waals surface area (Å²) in [7, 11) is 1.84. The average Bonchev–Trinajstić information content (AvgIpc) is 3.19. The highest BCUT2D eigenvalue weighted by Gasteiger charge is 2.32. The van der Waals surface area contributed by atoms with Crippen molar-refractivity contribution in [3.8, 4) is 0 Å². The van der Waals surface area contributed by atoms with Gasteiger partial charge < -0.3 is 19.6 Å². The molecule has 0 aliphatic carbocycles. The summed E-state index contributed by atoms with van der Waals surface area (Å²) in [4.78, 5) is 38.6. The quantitative estimate of drug-likeness (QED) is 0.779. The number of nitrogens with one attached hydrogen (secondary N) is 1. The second-order valence-electron chi connectivity index (χ2n) is 9.04. The van der Waals surface area contributed by atoms with Crippen LogP contribution in [0.3, 0.4) is 0 Å². The minimum absolute atomic E-state index is 0.0615. The van der Waals surface area contributed by atoms with E-state index in [0.717, 1.165) is 42.3 Å². The summed E-state index contributed by atoms with van der Waals surface area (Å²) in [5.74, 6) is 2.38. The molecule has 2 aliphatic rings. The van der Waals surface area contributed by atoms with Gasteiger partial charge in [-0.15, -0.1) is 0 Å². The minimum Gasteiger partial charge on any atom is -0.373 e. The van der Waals surface area contributed by atoms with Gasteiger partial charge in [0.05, 0.1) is 17.9 Å². The predicted octanol–water partition coefficient (Wildman–Crippen LogP) is 2.86. The molecule has 2 aromatic rings. The molecule has 9 heteroatoms. The van der Waals surface area contributed by atoms with Gasteiger partial charge in [-0.05, 0) is 25.7 Å². The number of piperidine rings is 1. The largest absolute Gasteiger partial charge is 0.373 e. The molecule has 0 bridgehead atoms. The molecule has 32 heavy (non-hydrogen) atoms. The van der Waals surface area contributed by atoms with E-state index in [-0.39, 0.29) is 23.7 Å². The molecule has 0 spiro atoms. The van der Waals surface area contributed by atoms with Crippen LogP contribution in [-0.2, 0) is 17.8 Å². The topological polar surface area (TPSA) is 104 Å². The molecule has 4 heterocycles. The normalized spacial score (nSPS) is 18.6. The van der Waals surface area contributed by atoms with Gasteiger partial charge >= 0.3 is 0 Å². The van der Waals surface area contributed by atoms with Crippen LogP contribution in [0.1, 0.15) is 84.3 Å². The van der Waals surface area contributed by atoms with Crippen LogP contribution in [0, 0.1) is 6.92 Å². The molecule has 2 aromatic heterocycles. The van der Waals surface area contributed by atoms with Crippen molar-refractivity contribution >= 4 is 17.6 Å². The third-order valence-corrected chi connectivity index (χ3v) is 6.48. The highest BCUT2D eigenvalue weighted by molar-refractivity contribution is 5.96. The highest BCUT2D eigenvalue weighted by Crippen LogP contribution is 2.31. The van der Waals surface area contributed by atoms with Crippen molar-refractivity contribution in [3.05, 3.63) is 34.1 Å². The summed E-state index contributed by atoms with van der Waals surface area (Å²) in [5.41, 5.74) is 3.20. The molecule has 2 amide bonds. The Kier molecular flexibility index (Phi) is 6.17. The number of fused-ring (bicyclic) bond motifs is 1. The van der Waals surface area contributed by atoms with Crippen molar-refractivity contribution in [1.29, 1.82) is 0 Å². The first-order valence-electron chi connectivity index (χ1n) is 11.4. The van der Waals surface area contributed by atoms with E-state index in [2.05, 4.69) is 10.5 Å². The van der Waals surface area contributed by atoms with Crippen molar-refractivity contribution in [2.24, 2.45) is 0 Å². The standard InChI is InChI=1S/C23H32N6O3/c1-13(2)20-19(14(3)32-27-20)23(31)29-10-8-18-17(12-29)22(24-5)26-21(25-18)16-7-6-9-28(11-16)15(4)30/h13,16H,6-12H2,1-5H3,(H,24,25,26)/t16-/m0/s1. The Balaban J connectivity index is 1.60. The van der Waals surface area contributed by atoms with Gasteiger partial charge in [0.2, 0.25) is 5.91 Å². The van der Waals surface area contributed by atoms with Crippen molar-refractivity contribution < 1.29 is 14.1 Å². The van der Waals surface area contributed by atoms with Crippen molar-refractivity contribution in [2.75, 3.05) is 32.0 Å². The Morgan fingerprint density at radius 1 is 1.19 bits per heavy atom. The highest BCUT2D eigenvalue weighted by atomic mass is 16.5. The van der Waals surface area contributed by atoms with Crippen LogP contribution in [0.2, 0.25) is 0 Å². The van der Waals surface area contributed by atoms with Gasteiger partial charge in [-0.2, -0.15) is 0 Å². The molecule has 1 atom stereocenters. The summed E-state index contributed by atoms with van der Waals surface area (Å²) in [6, 6.07) is 0. The lowest BCUT2D eigenvalue weighted by atomic mass is 9.96. The summed E-state index contributed by atoms with van der Waals surface area (Å²) in [6.07, 6.45) is 2.59. The van der Waals surface area contributed by atoms with E-state index in [1.165, 1.54) is 0 Å². The Bertz CT molecular complexity index is 1010. The van der Waals surface area contributed by atoms with Crippen LogP contribution in [0.15, 0.2) is 4.52 Å². The lowest BCUT2D eigenvalue weighted by molar-refractivity contribution is -0.130. The number of anilines is 1. The van der Waals surface area contributed by atoms with E-state index in [0.29, 0.717) is 43.1 Å². The van der Waals surface area contributed by atoms with E-state index in [1.807, 2.05) is 30.7 Å². The monoisotopic (exact) mass is 440 g/mol. The fourth-order valence-electron chi connectivity index (χ4n) is 4.67. The number of hydrogen-bond donors (Lipinski definition) is 1. The van der Waals surface area contributed by atoms with Gasteiger partial charge in [0, 0.05) is 51.5 Å². The van der Waals surface area contributed by atoms with Crippen LogP contribution in [0.25, 0.3) is 0 Å². The minimum atomic E-state index is -0.0615. The van der Waals surface area contributed by atoms with Crippen LogP contribution in [-0.4, -0.2) is 63.4 Å². The van der Waals surface area contributed by atoms with Crippen LogP contribution in [0.4, 0.5) is 5.82 Å². The number of hydrogen-bond acceptors (Lipinski definition) is 7. The first-order valence-corrected chi connectivity index (χ1v) is 11.4. The fraction of sp³-hybridized carbons (Fsp3) is 0.609. The number of carbonyl (C=O) groups excluding carboxylic acids is 2. The van der Waals surface area contributed by atoms with Gasteiger partial charge in [-0.1, -0.05) is 19.0 Å². The third kappa shape index (κ3) is 4.08. The summed E-state index contributed by atoms with van der Waals surface area (Å²) in [5, 5.41) is 7.31. The zero-order valence-electron chi connectivity index (χ0n) is 19.6. The number of aryl methyl sites for hydroxylation is 1. The van der Waals surface area contributed by atoms with E-state index in [4.69, 9.17) is 14.5 Å². The fourth-order valence-corrected chi connectivity index (χ4v) is 4.67. The Morgan fingerprint density at radius 3 is 2.66 bits per heavy atom. The van der Waals surface area contributed by atoms with Crippen molar-refractivity contribution in [1.82, 2.24) is 24.9 Å². The molecule has 9 nitrogen and oxygen atoms in total. The summed E-state index contributed by atoms with van der Waals surface area (Å²) in [6.45, 7) is 9.89. The maximum absolute atomic E-state index is 13.4. The Hall–Kier alpha value is -2.97. The maximum Gasteiger partial charge on any atom is 0.259 e. The molecule has 172 valence electrons. The smallest absolute Gasteiger partial charge is 0.259 e. The van der Waals surface area contributed by atoms with Gasteiger partial charge in [0.25, 0.3) is 5.91 Å². The van der Waals surface area contributed by atoms with Gasteiger partial charge in [-0.3, -0.25) is 9.59 Å². The molecule has 0 aromatic carbocycles. The van der Waals surface area contributed by atoms with Crippen molar-refractivity contribution in [2.45, 2.75) is 65.3 Å².